The van der Waals surface area contributed by atoms with Gasteiger partial charge in [0.2, 0.25) is 0 Å². The molecule has 0 unspecified atom stereocenters. The molecular weight excluding hydrogens is 476 g/mol. The van der Waals surface area contributed by atoms with Gasteiger partial charge in [0.1, 0.15) is 29.8 Å². The summed E-state index contributed by atoms with van der Waals surface area (Å²) in [4.78, 5) is 22.6. The molecule has 3 aromatic rings. The number of halogens is 2. The molecule has 3 fully saturated rings. The SMILES string of the molecule is Cc1ccc(C)c(-c2ncc3c(N(C)[C@@H]4CCNC4)nc(OC[C@@]45CCCN4C[C@H](F)C5)nc3c2F)n1. The lowest BCUT2D eigenvalue weighted by atomic mass is 9.95. The smallest absolute Gasteiger partial charge is 0.319 e. The van der Waals surface area contributed by atoms with Crippen molar-refractivity contribution in [2.24, 2.45) is 0 Å². The number of likely N-dealkylation sites (N-methyl/N-ethyl adjacent to an activating group) is 1. The number of ether oxygens (including phenoxy) is 1. The normalized spacial score (nSPS) is 25.6. The molecule has 0 aromatic carbocycles. The van der Waals surface area contributed by atoms with Crippen molar-refractivity contribution in [2.75, 3.05) is 44.7 Å². The predicted molar refractivity (Wildman–Crippen MR) is 138 cm³/mol. The summed E-state index contributed by atoms with van der Waals surface area (Å²) in [6, 6.07) is 4.12. The van der Waals surface area contributed by atoms with Crippen LogP contribution in [-0.2, 0) is 0 Å². The van der Waals surface area contributed by atoms with E-state index < -0.39 is 12.0 Å². The van der Waals surface area contributed by atoms with E-state index in [2.05, 4.69) is 30.1 Å². The van der Waals surface area contributed by atoms with Crippen LogP contribution in [0.4, 0.5) is 14.6 Å². The van der Waals surface area contributed by atoms with Gasteiger partial charge in [-0.25, -0.2) is 8.78 Å². The van der Waals surface area contributed by atoms with Crippen LogP contribution in [-0.4, -0.2) is 82.4 Å². The molecule has 6 heterocycles. The molecule has 3 saturated heterocycles. The molecule has 8 nitrogen and oxygen atoms in total. The first-order chi connectivity index (χ1) is 17.8. The van der Waals surface area contributed by atoms with Crippen molar-refractivity contribution in [3.05, 3.63) is 35.4 Å². The molecule has 3 aliphatic heterocycles. The second-order valence-corrected chi connectivity index (χ2v) is 10.8. The first-order valence-corrected chi connectivity index (χ1v) is 13.1. The Morgan fingerprint density at radius 1 is 1.22 bits per heavy atom. The van der Waals surface area contributed by atoms with Crippen LogP contribution in [0.3, 0.4) is 0 Å². The van der Waals surface area contributed by atoms with Gasteiger partial charge >= 0.3 is 6.01 Å². The second kappa shape index (κ2) is 9.40. The fourth-order valence-electron chi connectivity index (χ4n) is 6.18. The Kier molecular flexibility index (Phi) is 6.19. The van der Waals surface area contributed by atoms with E-state index in [1.54, 1.807) is 6.20 Å². The highest BCUT2D eigenvalue weighted by molar-refractivity contribution is 5.92. The van der Waals surface area contributed by atoms with E-state index in [4.69, 9.17) is 9.72 Å². The van der Waals surface area contributed by atoms with Crippen LogP contribution in [0.2, 0.25) is 0 Å². The van der Waals surface area contributed by atoms with Gasteiger partial charge in [-0.1, -0.05) is 6.07 Å². The Morgan fingerprint density at radius 2 is 2.08 bits per heavy atom. The van der Waals surface area contributed by atoms with Crippen LogP contribution in [0.5, 0.6) is 6.01 Å². The quantitative estimate of drug-likeness (QED) is 0.540. The molecule has 10 heteroatoms. The minimum atomic E-state index is -0.853. The van der Waals surface area contributed by atoms with E-state index in [0.717, 1.165) is 50.2 Å². The third-order valence-corrected chi connectivity index (χ3v) is 8.25. The number of aromatic nitrogens is 4. The summed E-state index contributed by atoms with van der Waals surface area (Å²) in [6.07, 6.45) is 4.08. The van der Waals surface area contributed by atoms with Crippen LogP contribution in [0.25, 0.3) is 22.3 Å². The van der Waals surface area contributed by atoms with E-state index in [9.17, 15) is 4.39 Å². The molecule has 3 aliphatic rings. The number of fused-ring (bicyclic) bond motifs is 2. The first-order valence-electron chi connectivity index (χ1n) is 13.1. The standard InChI is InChI=1S/C27H33F2N7O/c1-16-5-6-17(2)32-22(16)24-21(29)23-20(13-31-24)25(35(3)19-7-9-30-12-19)34-26(33-23)37-15-27-8-4-10-36(27)14-18(28)11-27/h5-6,13,18-19,30H,4,7-12,14-15H2,1-3H3/t18-,19-,27+/m1/s1. The largest absolute Gasteiger partial charge is 0.461 e. The van der Waals surface area contributed by atoms with Crippen LogP contribution in [0.1, 0.15) is 36.9 Å². The number of rotatable bonds is 6. The Bertz CT molecular complexity index is 1330. The van der Waals surface area contributed by atoms with E-state index in [-0.39, 0.29) is 35.4 Å². The van der Waals surface area contributed by atoms with E-state index in [1.165, 1.54) is 0 Å². The average molecular weight is 510 g/mol. The van der Waals surface area contributed by atoms with Gasteiger partial charge in [-0.05, 0) is 57.8 Å². The fraction of sp³-hybridized carbons (Fsp3) is 0.556. The van der Waals surface area contributed by atoms with Gasteiger partial charge in [0, 0.05) is 44.5 Å². The molecular formula is C27H33F2N7O. The summed E-state index contributed by atoms with van der Waals surface area (Å²) in [6.45, 7) is 7.09. The Labute approximate surface area is 215 Å². The zero-order valence-electron chi connectivity index (χ0n) is 21.6. The zero-order valence-corrected chi connectivity index (χ0v) is 21.6. The third-order valence-electron chi connectivity index (χ3n) is 8.25. The van der Waals surface area contributed by atoms with E-state index in [1.807, 2.05) is 33.0 Å². The van der Waals surface area contributed by atoms with Crippen molar-refractivity contribution in [3.8, 4) is 17.4 Å². The van der Waals surface area contributed by atoms with Crippen molar-refractivity contribution >= 4 is 16.7 Å². The molecule has 0 radical (unpaired) electrons. The highest BCUT2D eigenvalue weighted by Gasteiger charge is 2.49. The molecule has 196 valence electrons. The van der Waals surface area contributed by atoms with Crippen molar-refractivity contribution in [2.45, 2.75) is 57.3 Å². The lowest BCUT2D eigenvalue weighted by molar-refractivity contribution is 0.107. The average Bonchev–Trinajstić information content (AvgIpc) is 3.61. The maximum atomic E-state index is 16.1. The molecule has 37 heavy (non-hydrogen) atoms. The van der Waals surface area contributed by atoms with Crippen LogP contribution in [0, 0.1) is 19.7 Å². The van der Waals surface area contributed by atoms with Crippen molar-refractivity contribution < 1.29 is 13.5 Å². The summed E-state index contributed by atoms with van der Waals surface area (Å²) in [5.41, 5.74) is 2.08. The minimum absolute atomic E-state index is 0.105. The molecule has 0 aliphatic carbocycles. The van der Waals surface area contributed by atoms with Gasteiger partial charge in [-0.2, -0.15) is 9.97 Å². The number of nitrogens with one attached hydrogen (secondary N) is 1. The van der Waals surface area contributed by atoms with Gasteiger partial charge in [0.15, 0.2) is 5.82 Å². The fourth-order valence-corrected chi connectivity index (χ4v) is 6.18. The summed E-state index contributed by atoms with van der Waals surface area (Å²) >= 11 is 0. The minimum Gasteiger partial charge on any atom is -0.461 e. The van der Waals surface area contributed by atoms with Crippen molar-refractivity contribution in [1.29, 1.82) is 0 Å². The van der Waals surface area contributed by atoms with Gasteiger partial charge in [-0.15, -0.1) is 0 Å². The maximum Gasteiger partial charge on any atom is 0.319 e. The molecule has 0 amide bonds. The summed E-state index contributed by atoms with van der Waals surface area (Å²) in [5, 5.41) is 3.90. The van der Waals surface area contributed by atoms with Gasteiger partial charge < -0.3 is 15.0 Å². The molecule has 3 atom stereocenters. The number of anilines is 1. The van der Waals surface area contributed by atoms with Gasteiger partial charge in [0.25, 0.3) is 0 Å². The monoisotopic (exact) mass is 509 g/mol. The molecule has 0 spiro atoms. The van der Waals surface area contributed by atoms with E-state index in [0.29, 0.717) is 29.9 Å². The molecule has 3 aromatic heterocycles. The summed E-state index contributed by atoms with van der Waals surface area (Å²) < 4.78 is 36.6. The number of pyridine rings is 2. The highest BCUT2D eigenvalue weighted by atomic mass is 19.1. The summed E-state index contributed by atoms with van der Waals surface area (Å²) in [7, 11) is 1.96. The van der Waals surface area contributed by atoms with Crippen LogP contribution in [0.15, 0.2) is 18.3 Å². The topological polar surface area (TPSA) is 79.3 Å². The zero-order chi connectivity index (χ0) is 25.7. The summed E-state index contributed by atoms with van der Waals surface area (Å²) in [5.74, 6) is 0.0339. The van der Waals surface area contributed by atoms with Gasteiger partial charge in [0.05, 0.1) is 16.6 Å². The maximum absolute atomic E-state index is 16.1. The number of alkyl halides is 1. The Morgan fingerprint density at radius 3 is 2.89 bits per heavy atom. The van der Waals surface area contributed by atoms with Crippen LogP contribution >= 0.6 is 0 Å². The van der Waals surface area contributed by atoms with E-state index >= 15 is 4.39 Å². The number of hydrogen-bond donors (Lipinski definition) is 1. The molecule has 0 bridgehead atoms. The molecule has 6 rings (SSSR count). The van der Waals surface area contributed by atoms with Gasteiger partial charge in [-0.3, -0.25) is 14.9 Å². The Hall–Kier alpha value is -2.98. The number of hydrogen-bond acceptors (Lipinski definition) is 8. The Balaban J connectivity index is 1.43. The molecule has 1 N–H and O–H groups in total. The second-order valence-electron chi connectivity index (χ2n) is 10.8. The van der Waals surface area contributed by atoms with Crippen molar-refractivity contribution in [3.63, 3.8) is 0 Å². The lowest BCUT2D eigenvalue weighted by Gasteiger charge is -2.31. The van der Waals surface area contributed by atoms with Crippen LogP contribution < -0.4 is 15.0 Å². The predicted octanol–water partition coefficient (Wildman–Crippen LogP) is 3.60. The first kappa shape index (κ1) is 24.4. The molecule has 0 saturated carbocycles. The highest BCUT2D eigenvalue weighted by Crippen LogP contribution is 2.40. The van der Waals surface area contributed by atoms with Crippen molar-refractivity contribution in [1.82, 2.24) is 30.2 Å². The number of aryl methyl sites for hydroxylation is 2. The lowest BCUT2D eigenvalue weighted by Crippen LogP contribution is -2.43. The number of nitrogens with zero attached hydrogens (tertiary/aromatic N) is 6. The third kappa shape index (κ3) is 4.29.